The number of hydrogen-bond acceptors (Lipinski definition) is 3. The third-order valence-electron chi connectivity index (χ3n) is 4.06. The molecule has 1 heterocycles. The van der Waals surface area contributed by atoms with E-state index in [1.165, 1.54) is 24.3 Å². The molecule has 1 fully saturated rings. The maximum absolute atomic E-state index is 12.7. The van der Waals surface area contributed by atoms with Gasteiger partial charge in [-0.25, -0.2) is 9.69 Å². The van der Waals surface area contributed by atoms with Crippen molar-refractivity contribution in [2.45, 2.75) is 6.18 Å². The van der Waals surface area contributed by atoms with Crippen molar-refractivity contribution in [3.63, 3.8) is 0 Å². The van der Waals surface area contributed by atoms with E-state index in [0.29, 0.717) is 5.02 Å². The molecule has 1 saturated heterocycles. The molecule has 28 heavy (non-hydrogen) atoms. The van der Waals surface area contributed by atoms with Crippen molar-refractivity contribution >= 4 is 40.8 Å². The SMILES string of the molecule is O=C(Nc1ccc(C(F)(F)F)cc1)C1CNC(=O)N(c2ccc(Cl)cc2)C1=O. The summed E-state index contributed by atoms with van der Waals surface area (Å²) in [7, 11) is 0. The highest BCUT2D eigenvalue weighted by Gasteiger charge is 2.39. The van der Waals surface area contributed by atoms with Gasteiger partial charge in [0.05, 0.1) is 11.3 Å². The topological polar surface area (TPSA) is 78.5 Å². The summed E-state index contributed by atoms with van der Waals surface area (Å²) in [4.78, 5) is 38.0. The summed E-state index contributed by atoms with van der Waals surface area (Å²) in [6, 6.07) is 9.01. The van der Waals surface area contributed by atoms with Crippen LogP contribution in [0.2, 0.25) is 5.02 Å². The van der Waals surface area contributed by atoms with Gasteiger partial charge in [0, 0.05) is 17.3 Å². The maximum atomic E-state index is 12.7. The van der Waals surface area contributed by atoms with E-state index in [-0.39, 0.29) is 17.9 Å². The molecule has 2 aromatic carbocycles. The van der Waals surface area contributed by atoms with Gasteiger partial charge in [-0.1, -0.05) is 11.6 Å². The number of nitrogens with one attached hydrogen (secondary N) is 2. The number of benzene rings is 2. The lowest BCUT2D eigenvalue weighted by molar-refractivity contribution is -0.137. The van der Waals surface area contributed by atoms with Crippen molar-refractivity contribution in [1.82, 2.24) is 5.32 Å². The molecule has 0 aromatic heterocycles. The molecule has 6 nitrogen and oxygen atoms in total. The Balaban J connectivity index is 1.75. The lowest BCUT2D eigenvalue weighted by atomic mass is 10.0. The Labute approximate surface area is 162 Å². The zero-order chi connectivity index (χ0) is 20.5. The molecular weight excluding hydrogens is 399 g/mol. The van der Waals surface area contributed by atoms with Gasteiger partial charge in [-0.05, 0) is 48.5 Å². The predicted octanol–water partition coefficient (Wildman–Crippen LogP) is 3.67. The van der Waals surface area contributed by atoms with Gasteiger partial charge in [0.25, 0.3) is 0 Å². The quantitative estimate of drug-likeness (QED) is 0.756. The number of nitrogens with zero attached hydrogens (tertiary/aromatic N) is 1. The van der Waals surface area contributed by atoms with Crippen molar-refractivity contribution in [2.24, 2.45) is 5.92 Å². The van der Waals surface area contributed by atoms with Crippen LogP contribution in [0.3, 0.4) is 0 Å². The summed E-state index contributed by atoms with van der Waals surface area (Å²) >= 11 is 5.79. The number of carbonyl (C=O) groups excluding carboxylic acids is 3. The number of carbonyl (C=O) groups is 3. The van der Waals surface area contributed by atoms with Crippen LogP contribution in [0.1, 0.15) is 5.56 Å². The van der Waals surface area contributed by atoms with Gasteiger partial charge in [0.2, 0.25) is 11.8 Å². The zero-order valence-electron chi connectivity index (χ0n) is 14.1. The second-order valence-corrected chi connectivity index (χ2v) is 6.39. The van der Waals surface area contributed by atoms with Gasteiger partial charge in [-0.15, -0.1) is 0 Å². The number of halogens is 4. The Bertz CT molecular complexity index is 914. The molecule has 1 unspecified atom stereocenters. The van der Waals surface area contributed by atoms with E-state index in [0.717, 1.165) is 29.2 Å². The molecule has 3 rings (SSSR count). The highest BCUT2D eigenvalue weighted by Crippen LogP contribution is 2.30. The second kappa shape index (κ2) is 7.51. The Morgan fingerprint density at radius 1 is 1.07 bits per heavy atom. The minimum Gasteiger partial charge on any atom is -0.336 e. The Hall–Kier alpha value is -3.07. The molecule has 0 aliphatic carbocycles. The molecule has 0 radical (unpaired) electrons. The summed E-state index contributed by atoms with van der Waals surface area (Å²) in [6.45, 7) is -0.228. The van der Waals surface area contributed by atoms with E-state index in [9.17, 15) is 27.6 Å². The normalized spacial score (nSPS) is 17.3. The molecule has 146 valence electrons. The summed E-state index contributed by atoms with van der Waals surface area (Å²) in [5, 5.41) is 5.24. The first-order valence-corrected chi connectivity index (χ1v) is 8.40. The van der Waals surface area contributed by atoms with Gasteiger partial charge >= 0.3 is 12.2 Å². The van der Waals surface area contributed by atoms with Crippen molar-refractivity contribution in [3.8, 4) is 0 Å². The number of hydrogen-bond donors (Lipinski definition) is 2. The number of anilines is 2. The van der Waals surface area contributed by atoms with Crippen LogP contribution in [0.15, 0.2) is 48.5 Å². The summed E-state index contributed by atoms with van der Waals surface area (Å²) < 4.78 is 37.8. The average molecular weight is 412 g/mol. The number of alkyl halides is 3. The highest BCUT2D eigenvalue weighted by atomic mass is 35.5. The zero-order valence-corrected chi connectivity index (χ0v) is 14.8. The van der Waals surface area contributed by atoms with Crippen LogP contribution >= 0.6 is 11.6 Å². The smallest absolute Gasteiger partial charge is 0.336 e. The molecule has 1 aliphatic rings. The summed E-state index contributed by atoms with van der Waals surface area (Å²) in [6.07, 6.45) is -4.49. The van der Waals surface area contributed by atoms with Gasteiger partial charge < -0.3 is 10.6 Å². The fourth-order valence-electron chi connectivity index (χ4n) is 2.62. The largest absolute Gasteiger partial charge is 0.416 e. The molecule has 1 atom stereocenters. The lowest BCUT2D eigenvalue weighted by Crippen LogP contribution is -2.58. The molecule has 0 bridgehead atoms. The van der Waals surface area contributed by atoms with Crippen LogP contribution in [0.5, 0.6) is 0 Å². The fraction of sp³-hybridized carbons (Fsp3) is 0.167. The first-order chi connectivity index (χ1) is 13.2. The first kappa shape index (κ1) is 19.7. The number of rotatable bonds is 3. The molecule has 2 N–H and O–H groups in total. The average Bonchev–Trinajstić information content (AvgIpc) is 2.63. The van der Waals surface area contributed by atoms with Gasteiger partial charge in [-0.2, -0.15) is 13.2 Å². The third kappa shape index (κ3) is 4.09. The predicted molar refractivity (Wildman–Crippen MR) is 95.9 cm³/mol. The molecular formula is C18H13ClF3N3O3. The number of amides is 4. The van der Waals surface area contributed by atoms with Crippen molar-refractivity contribution < 1.29 is 27.6 Å². The maximum Gasteiger partial charge on any atom is 0.416 e. The molecule has 4 amide bonds. The lowest BCUT2D eigenvalue weighted by Gasteiger charge is -2.30. The minimum absolute atomic E-state index is 0.0979. The molecule has 2 aromatic rings. The van der Waals surface area contributed by atoms with E-state index >= 15 is 0 Å². The monoisotopic (exact) mass is 411 g/mol. The van der Waals surface area contributed by atoms with Crippen LogP contribution in [0.25, 0.3) is 0 Å². The Morgan fingerprint density at radius 3 is 2.25 bits per heavy atom. The number of urea groups is 1. The van der Waals surface area contributed by atoms with Crippen LogP contribution < -0.4 is 15.5 Å². The van der Waals surface area contributed by atoms with Crippen molar-refractivity contribution in [2.75, 3.05) is 16.8 Å². The van der Waals surface area contributed by atoms with Gasteiger partial charge in [0.15, 0.2) is 0 Å². The van der Waals surface area contributed by atoms with Crippen LogP contribution in [-0.2, 0) is 15.8 Å². The van der Waals surface area contributed by atoms with Crippen LogP contribution in [-0.4, -0.2) is 24.4 Å². The van der Waals surface area contributed by atoms with Crippen LogP contribution in [0.4, 0.5) is 29.3 Å². The first-order valence-electron chi connectivity index (χ1n) is 8.02. The van der Waals surface area contributed by atoms with E-state index < -0.39 is 35.5 Å². The summed E-state index contributed by atoms with van der Waals surface area (Å²) in [5.41, 5.74) is -0.528. The fourth-order valence-corrected chi connectivity index (χ4v) is 2.75. The Morgan fingerprint density at radius 2 is 1.68 bits per heavy atom. The number of imide groups is 1. The van der Waals surface area contributed by atoms with E-state index in [1.807, 2.05) is 0 Å². The van der Waals surface area contributed by atoms with Gasteiger partial charge in [-0.3, -0.25) is 9.59 Å². The standard InChI is InChI=1S/C18H13ClF3N3O3/c19-11-3-7-13(8-4-11)25-16(27)14(9-23-17(25)28)15(26)24-12-5-1-10(2-6-12)18(20,21)22/h1-8,14H,9H2,(H,23,28)(H,24,26). The molecule has 0 saturated carbocycles. The van der Waals surface area contributed by atoms with Crippen molar-refractivity contribution in [1.29, 1.82) is 0 Å². The molecule has 10 heteroatoms. The van der Waals surface area contributed by atoms with Crippen molar-refractivity contribution in [3.05, 3.63) is 59.1 Å². The highest BCUT2D eigenvalue weighted by molar-refractivity contribution is 6.30. The second-order valence-electron chi connectivity index (χ2n) is 5.95. The third-order valence-corrected chi connectivity index (χ3v) is 4.31. The van der Waals surface area contributed by atoms with E-state index in [4.69, 9.17) is 11.6 Å². The van der Waals surface area contributed by atoms with Gasteiger partial charge in [0.1, 0.15) is 5.92 Å². The van der Waals surface area contributed by atoms with E-state index in [2.05, 4.69) is 10.6 Å². The summed E-state index contributed by atoms with van der Waals surface area (Å²) in [5.74, 6) is -2.74. The molecule has 0 spiro atoms. The minimum atomic E-state index is -4.49. The van der Waals surface area contributed by atoms with E-state index in [1.54, 1.807) is 0 Å². The Kier molecular flexibility index (Phi) is 5.28. The molecule has 1 aliphatic heterocycles. The van der Waals surface area contributed by atoms with Crippen LogP contribution in [0, 0.1) is 5.92 Å².